The molecule has 1 aromatic heterocycles. The number of H-pyrrole nitrogens is 1. The van der Waals surface area contributed by atoms with E-state index in [4.69, 9.17) is 9.47 Å². The van der Waals surface area contributed by atoms with Crippen molar-refractivity contribution >= 4 is 17.2 Å². The van der Waals surface area contributed by atoms with Gasteiger partial charge >= 0.3 is 0 Å². The van der Waals surface area contributed by atoms with Crippen molar-refractivity contribution in [2.24, 2.45) is 0 Å². The van der Waals surface area contributed by atoms with Gasteiger partial charge in [-0.15, -0.1) is 0 Å². The van der Waals surface area contributed by atoms with Crippen LogP contribution in [0.1, 0.15) is 16.2 Å². The summed E-state index contributed by atoms with van der Waals surface area (Å²) < 4.78 is 38.1. The molecule has 1 amide bonds. The minimum absolute atomic E-state index is 0.0141. The van der Waals surface area contributed by atoms with Gasteiger partial charge in [0.1, 0.15) is 23.1 Å². The molecular weight excluding hydrogens is 358 g/mol. The van der Waals surface area contributed by atoms with Gasteiger partial charge in [0.2, 0.25) is 0 Å². The molecule has 0 aliphatic carbocycles. The maximum atomic E-state index is 13.7. The zero-order valence-corrected chi connectivity index (χ0v) is 15.0. The number of nitrogens with zero attached hydrogens (tertiary/aromatic N) is 2. The second-order valence-electron chi connectivity index (χ2n) is 5.81. The minimum atomic E-state index is -0.866. The van der Waals surface area contributed by atoms with E-state index in [2.05, 4.69) is 15.5 Å². The van der Waals surface area contributed by atoms with Gasteiger partial charge in [0.25, 0.3) is 5.91 Å². The number of rotatable bonds is 5. The zero-order chi connectivity index (χ0) is 19.6. The van der Waals surface area contributed by atoms with Crippen LogP contribution in [0.25, 0.3) is 5.57 Å². The predicted molar refractivity (Wildman–Crippen MR) is 94.5 cm³/mol. The predicted octanol–water partition coefficient (Wildman–Crippen LogP) is 2.73. The van der Waals surface area contributed by atoms with Crippen LogP contribution in [-0.4, -0.2) is 48.8 Å². The zero-order valence-electron chi connectivity index (χ0n) is 15.0. The first-order valence-electron chi connectivity index (χ1n) is 7.99. The molecule has 142 valence electrons. The monoisotopic (exact) mass is 376 g/mol. The second kappa shape index (κ2) is 7.48. The smallest absolute Gasteiger partial charge is 0.276 e. The van der Waals surface area contributed by atoms with Gasteiger partial charge < -0.3 is 19.7 Å². The van der Waals surface area contributed by atoms with Crippen molar-refractivity contribution in [1.82, 2.24) is 15.1 Å². The molecule has 0 atom stereocenters. The molecule has 2 aromatic rings. The number of aromatic nitrogens is 2. The van der Waals surface area contributed by atoms with E-state index in [9.17, 15) is 13.6 Å². The number of carbonyl (C=O) groups excluding carboxylic acids is 1. The lowest BCUT2D eigenvalue weighted by Gasteiger charge is -2.27. The lowest BCUT2D eigenvalue weighted by Crippen LogP contribution is -2.25. The van der Waals surface area contributed by atoms with Crippen LogP contribution >= 0.6 is 0 Å². The number of carbonyl (C=O) groups is 1. The number of halogens is 2. The number of aromatic amines is 1. The number of benzene rings is 1. The van der Waals surface area contributed by atoms with Gasteiger partial charge in [0, 0.05) is 18.7 Å². The number of nitrogens with one attached hydrogen (secondary N) is 2. The molecule has 1 aromatic carbocycles. The Bertz CT molecular complexity index is 916. The molecule has 1 aliphatic heterocycles. The van der Waals surface area contributed by atoms with Gasteiger partial charge in [0.15, 0.2) is 11.6 Å². The van der Waals surface area contributed by atoms with E-state index in [1.807, 2.05) is 11.9 Å². The quantitative estimate of drug-likeness (QED) is 0.839. The van der Waals surface area contributed by atoms with Crippen molar-refractivity contribution in [3.8, 4) is 0 Å². The van der Waals surface area contributed by atoms with Crippen LogP contribution in [0.5, 0.6) is 0 Å². The average Bonchev–Trinajstić information content (AvgIpc) is 3.14. The number of anilines is 1. The summed E-state index contributed by atoms with van der Waals surface area (Å²) in [7, 11) is 4.92. The Morgan fingerprint density at radius 2 is 1.96 bits per heavy atom. The number of likely N-dealkylation sites (N-methyl/N-ethyl adjacent to an activating group) is 1. The Morgan fingerprint density at radius 3 is 2.59 bits per heavy atom. The van der Waals surface area contributed by atoms with E-state index in [-0.39, 0.29) is 5.69 Å². The third kappa shape index (κ3) is 3.62. The molecule has 9 heteroatoms. The van der Waals surface area contributed by atoms with Gasteiger partial charge in [-0.05, 0) is 18.2 Å². The Balaban J connectivity index is 1.87. The van der Waals surface area contributed by atoms with Crippen LogP contribution in [-0.2, 0) is 9.47 Å². The standard InChI is InChI=1S/C18H18F2N4O3/c1-24-9-10(15(26-2)8-16(24)27-3)13-7-14(23-22-13)18(25)21-17-11(19)5-4-6-12(17)20/h4-8H,9H2,1-3H3,(H,21,25)(H,22,23). The molecule has 0 fully saturated rings. The van der Waals surface area contributed by atoms with Crippen molar-refractivity contribution < 1.29 is 23.0 Å². The van der Waals surface area contributed by atoms with E-state index in [1.54, 1.807) is 13.2 Å². The van der Waals surface area contributed by atoms with Crippen molar-refractivity contribution in [3.63, 3.8) is 0 Å². The molecule has 0 unspecified atom stereocenters. The number of methoxy groups -OCH3 is 2. The van der Waals surface area contributed by atoms with E-state index >= 15 is 0 Å². The summed E-state index contributed by atoms with van der Waals surface area (Å²) in [5.41, 5.74) is 0.766. The minimum Gasteiger partial charge on any atom is -0.496 e. The number of ether oxygens (including phenoxy) is 2. The number of allylic oxidation sites excluding steroid dienone is 1. The van der Waals surface area contributed by atoms with E-state index < -0.39 is 23.2 Å². The first kappa shape index (κ1) is 18.4. The summed E-state index contributed by atoms with van der Waals surface area (Å²) in [6.45, 7) is 0.452. The molecule has 0 spiro atoms. The van der Waals surface area contributed by atoms with E-state index in [0.717, 1.165) is 17.7 Å². The normalized spacial score (nSPS) is 14.1. The molecule has 0 bridgehead atoms. The summed E-state index contributed by atoms with van der Waals surface area (Å²) in [5, 5.41) is 8.89. The summed E-state index contributed by atoms with van der Waals surface area (Å²) in [4.78, 5) is 14.2. The molecule has 0 radical (unpaired) electrons. The molecule has 0 saturated carbocycles. The second-order valence-corrected chi connectivity index (χ2v) is 5.81. The van der Waals surface area contributed by atoms with Crippen molar-refractivity contribution in [3.05, 3.63) is 65.0 Å². The van der Waals surface area contributed by atoms with Crippen LogP contribution in [0.2, 0.25) is 0 Å². The SMILES string of the molecule is COC1=CC(OC)=C(c2cc(C(=O)Nc3c(F)cccc3F)n[nH]2)CN1C. The van der Waals surface area contributed by atoms with E-state index in [1.165, 1.54) is 19.2 Å². The first-order valence-corrected chi connectivity index (χ1v) is 7.99. The van der Waals surface area contributed by atoms with Crippen LogP contribution in [0.4, 0.5) is 14.5 Å². The maximum Gasteiger partial charge on any atom is 0.276 e. The van der Waals surface area contributed by atoms with Crippen molar-refractivity contribution in [2.45, 2.75) is 0 Å². The number of hydrogen-bond acceptors (Lipinski definition) is 5. The van der Waals surface area contributed by atoms with Gasteiger partial charge in [-0.1, -0.05) is 6.07 Å². The third-order valence-corrected chi connectivity index (χ3v) is 4.09. The maximum absolute atomic E-state index is 13.7. The summed E-state index contributed by atoms with van der Waals surface area (Å²) in [6, 6.07) is 4.82. The molecule has 2 N–H and O–H groups in total. The summed E-state index contributed by atoms with van der Waals surface area (Å²) >= 11 is 0. The van der Waals surface area contributed by atoms with Crippen LogP contribution < -0.4 is 5.32 Å². The lowest BCUT2D eigenvalue weighted by atomic mass is 10.1. The molecular formula is C18H18F2N4O3. The highest BCUT2D eigenvalue weighted by Gasteiger charge is 2.23. The Hall–Kier alpha value is -3.36. The highest BCUT2D eigenvalue weighted by Crippen LogP contribution is 2.27. The molecule has 2 heterocycles. The van der Waals surface area contributed by atoms with Crippen LogP contribution in [0.15, 0.2) is 42.0 Å². The molecule has 27 heavy (non-hydrogen) atoms. The van der Waals surface area contributed by atoms with Crippen molar-refractivity contribution in [1.29, 1.82) is 0 Å². The highest BCUT2D eigenvalue weighted by molar-refractivity contribution is 6.03. The fourth-order valence-corrected chi connectivity index (χ4v) is 2.70. The van der Waals surface area contributed by atoms with Gasteiger partial charge in [-0.2, -0.15) is 5.10 Å². The molecule has 7 nitrogen and oxygen atoms in total. The highest BCUT2D eigenvalue weighted by atomic mass is 19.1. The lowest BCUT2D eigenvalue weighted by molar-refractivity contribution is 0.102. The van der Waals surface area contributed by atoms with Crippen LogP contribution in [0, 0.1) is 11.6 Å². The molecule has 0 saturated heterocycles. The third-order valence-electron chi connectivity index (χ3n) is 4.09. The van der Waals surface area contributed by atoms with Gasteiger partial charge in [-0.3, -0.25) is 9.89 Å². The molecule has 3 rings (SSSR count). The molecule has 1 aliphatic rings. The Kier molecular flexibility index (Phi) is 5.11. The average molecular weight is 376 g/mol. The first-order chi connectivity index (χ1) is 12.9. The number of para-hydroxylation sites is 1. The largest absolute Gasteiger partial charge is 0.496 e. The van der Waals surface area contributed by atoms with Gasteiger partial charge in [0.05, 0.1) is 26.5 Å². The number of amides is 1. The Morgan fingerprint density at radius 1 is 1.26 bits per heavy atom. The Labute approximate surface area is 154 Å². The topological polar surface area (TPSA) is 79.5 Å². The summed E-state index contributed by atoms with van der Waals surface area (Å²) in [5.74, 6) is -1.29. The van der Waals surface area contributed by atoms with Crippen molar-refractivity contribution in [2.75, 3.05) is 33.1 Å². The fraction of sp³-hybridized carbons (Fsp3) is 0.222. The fourth-order valence-electron chi connectivity index (χ4n) is 2.70. The number of hydrogen-bond donors (Lipinski definition) is 2. The summed E-state index contributed by atoms with van der Waals surface area (Å²) in [6.07, 6.45) is 1.72. The van der Waals surface area contributed by atoms with Gasteiger partial charge in [-0.25, -0.2) is 8.78 Å². The van der Waals surface area contributed by atoms with E-state index in [0.29, 0.717) is 23.9 Å². The van der Waals surface area contributed by atoms with Crippen LogP contribution in [0.3, 0.4) is 0 Å².